The summed E-state index contributed by atoms with van der Waals surface area (Å²) in [4.78, 5) is 29.8. The van der Waals surface area contributed by atoms with Gasteiger partial charge in [0, 0.05) is 26.8 Å². The molecule has 1 aliphatic carbocycles. The van der Waals surface area contributed by atoms with Crippen molar-refractivity contribution in [3.05, 3.63) is 124 Å². The second-order valence-electron chi connectivity index (χ2n) is 12.6. The lowest BCUT2D eigenvalue weighted by atomic mass is 9.75. The summed E-state index contributed by atoms with van der Waals surface area (Å²) in [6.45, 7) is 11.8. The Bertz CT molecular complexity index is 1910. The van der Waals surface area contributed by atoms with E-state index in [1.165, 1.54) is 32.8 Å². The van der Waals surface area contributed by atoms with E-state index in [0.29, 0.717) is 11.1 Å². The maximum absolute atomic E-state index is 13.2. The van der Waals surface area contributed by atoms with Crippen molar-refractivity contribution in [2.24, 2.45) is 0 Å². The molecule has 0 spiro atoms. The van der Waals surface area contributed by atoms with Crippen molar-refractivity contribution in [2.75, 3.05) is 4.90 Å². The summed E-state index contributed by atoms with van der Waals surface area (Å²) >= 11 is 1.65. The fourth-order valence-corrected chi connectivity index (χ4v) is 8.68. The molecule has 0 bridgehead atoms. The Labute approximate surface area is 245 Å². The number of hydrogen-bond acceptors (Lipinski definition) is 4. The largest absolute Gasteiger partial charge is 0.301 e. The zero-order valence-electron chi connectivity index (χ0n) is 23.9. The molecule has 0 fully saturated rings. The number of benzene rings is 4. The lowest BCUT2D eigenvalue weighted by Crippen LogP contribution is -2.40. The van der Waals surface area contributed by atoms with Crippen LogP contribution in [0.3, 0.4) is 0 Å². The summed E-state index contributed by atoms with van der Waals surface area (Å²) in [5.74, 6) is -0.379. The summed E-state index contributed by atoms with van der Waals surface area (Å²) in [5.41, 5.74) is 5.79. The molecule has 0 unspecified atom stereocenters. The number of carbonyl (C=O) groups is 2. The molecule has 4 aromatic carbocycles. The fourth-order valence-electron chi connectivity index (χ4n) is 6.23. The van der Waals surface area contributed by atoms with Crippen molar-refractivity contribution >= 4 is 69.4 Å². The third kappa shape index (κ3) is 3.91. The first-order valence-electron chi connectivity index (χ1n) is 14.0. The normalized spacial score (nSPS) is 15.6. The minimum absolute atomic E-state index is 0.190. The van der Waals surface area contributed by atoms with Gasteiger partial charge in [-0.05, 0) is 40.8 Å². The van der Waals surface area contributed by atoms with Crippen molar-refractivity contribution in [1.82, 2.24) is 0 Å². The molecule has 0 amide bonds. The van der Waals surface area contributed by atoms with Crippen LogP contribution in [0.5, 0.6) is 0 Å². The third-order valence-corrected chi connectivity index (χ3v) is 11.7. The Balaban J connectivity index is 1.47. The maximum atomic E-state index is 13.2. The van der Waals surface area contributed by atoms with Crippen molar-refractivity contribution in [3.8, 4) is 0 Å². The molecule has 0 saturated carbocycles. The summed E-state index contributed by atoms with van der Waals surface area (Å²) in [6, 6.07) is 31.3. The Morgan fingerprint density at radius 3 is 2.10 bits per heavy atom. The first-order valence-corrected chi connectivity index (χ1v) is 18.3. The molecular weight excluding hydrogens is 539 g/mol. The molecule has 0 radical (unpaired) electrons. The van der Waals surface area contributed by atoms with Gasteiger partial charge in [0.25, 0.3) is 0 Å². The molecule has 41 heavy (non-hydrogen) atoms. The van der Waals surface area contributed by atoms with Crippen molar-refractivity contribution < 1.29 is 9.59 Å². The second-order valence-corrected chi connectivity index (χ2v) is 18.7. The number of Topliss-reactive ketones (excluding diaryl/α,β-unsaturated/α-hetero) is 2. The van der Waals surface area contributed by atoms with Crippen LogP contribution in [0, 0.1) is 0 Å². The van der Waals surface area contributed by atoms with E-state index in [0.717, 1.165) is 15.6 Å². The molecule has 202 valence electrons. The van der Waals surface area contributed by atoms with Crippen LogP contribution < -0.4 is 10.1 Å². The molecule has 0 atom stereocenters. The van der Waals surface area contributed by atoms with Crippen LogP contribution in [0.25, 0.3) is 16.8 Å². The van der Waals surface area contributed by atoms with E-state index >= 15 is 0 Å². The van der Waals surface area contributed by atoms with Crippen LogP contribution in [0.1, 0.15) is 50.6 Å². The average molecular weight is 570 g/mol. The zero-order valence-corrected chi connectivity index (χ0v) is 25.7. The number of rotatable bonds is 3. The van der Waals surface area contributed by atoms with Crippen LogP contribution >= 0.6 is 11.3 Å². The summed E-state index contributed by atoms with van der Waals surface area (Å²) in [7, 11) is -1.56. The Morgan fingerprint density at radius 2 is 1.39 bits per heavy atom. The quantitative estimate of drug-likeness (QED) is 0.124. The fraction of sp³-hybridized carbons (Fsp3) is 0.167. The van der Waals surface area contributed by atoms with Gasteiger partial charge in [0.05, 0.1) is 25.0 Å². The second kappa shape index (κ2) is 8.97. The zero-order chi connectivity index (χ0) is 28.7. The number of carbonyl (C=O) groups excluding carboxylic acids is 2. The number of ketones is 2. The van der Waals surface area contributed by atoms with Crippen molar-refractivity contribution in [2.45, 2.75) is 38.9 Å². The predicted molar refractivity (Wildman–Crippen MR) is 175 cm³/mol. The smallest absolute Gasteiger partial charge is 0.197 e. The monoisotopic (exact) mass is 569 g/mol. The third-order valence-electron chi connectivity index (χ3n) is 8.58. The molecule has 5 heteroatoms. The van der Waals surface area contributed by atoms with E-state index in [1.54, 1.807) is 23.5 Å². The summed E-state index contributed by atoms with van der Waals surface area (Å²) in [5, 5.41) is 4.94. The molecule has 5 aromatic rings. The molecule has 2 aliphatic rings. The maximum Gasteiger partial charge on any atom is 0.197 e. The highest BCUT2D eigenvalue weighted by atomic mass is 32.1. The van der Waals surface area contributed by atoms with Crippen LogP contribution in [-0.4, -0.2) is 19.6 Å². The van der Waals surface area contributed by atoms with Gasteiger partial charge in [-0.1, -0.05) is 111 Å². The number of hydrogen-bond donors (Lipinski definition) is 0. The van der Waals surface area contributed by atoms with Crippen molar-refractivity contribution in [1.29, 1.82) is 0 Å². The van der Waals surface area contributed by atoms with Crippen LogP contribution in [0.15, 0.2) is 96.6 Å². The number of thiophene rings is 1. The minimum atomic E-state index is -1.56. The molecule has 1 aromatic heterocycles. The van der Waals surface area contributed by atoms with Crippen molar-refractivity contribution in [3.63, 3.8) is 0 Å². The van der Waals surface area contributed by atoms with Crippen LogP contribution in [-0.2, 0) is 5.41 Å². The van der Waals surface area contributed by atoms with Gasteiger partial charge in [-0.3, -0.25) is 9.59 Å². The molecular formula is C36H31NO2SSi. The average Bonchev–Trinajstić information content (AvgIpc) is 3.49. The SMILES string of the molecule is CC1(C)c2cc([Si](C)(C)C)ccc2N(c2cccc3ccccc23)c2sc(C=C3C(=O)c4ccccc4C3=O)cc21. The van der Waals surface area contributed by atoms with Gasteiger partial charge in [-0.15, -0.1) is 11.3 Å². The Hall–Kier alpha value is -4.06. The van der Waals surface area contributed by atoms with Gasteiger partial charge < -0.3 is 4.90 Å². The Kier molecular flexibility index (Phi) is 5.66. The summed E-state index contributed by atoms with van der Waals surface area (Å²) < 4.78 is 0. The standard InChI is InChI=1S/C36H31NO2SSi/c1-36(2)29-21-24(41(3,4)5)17-18-32(29)37(31-16-10-12-22-11-6-7-13-25(22)31)35-30(36)20-23(40-35)19-28-33(38)26-14-8-9-15-27(26)34(28)39/h6-21H,1-5H3. The van der Waals surface area contributed by atoms with Gasteiger partial charge in [0.2, 0.25) is 0 Å². The summed E-state index contributed by atoms with van der Waals surface area (Å²) in [6.07, 6.45) is 1.81. The molecule has 0 N–H and O–H groups in total. The molecule has 3 nitrogen and oxygen atoms in total. The highest BCUT2D eigenvalue weighted by molar-refractivity contribution is 7.17. The number of nitrogens with zero attached hydrogens (tertiary/aromatic N) is 1. The van der Waals surface area contributed by atoms with Gasteiger partial charge in [-0.25, -0.2) is 0 Å². The molecule has 1 aliphatic heterocycles. The van der Waals surface area contributed by atoms with Gasteiger partial charge in [0.1, 0.15) is 5.00 Å². The lowest BCUT2D eigenvalue weighted by Gasteiger charge is -2.41. The predicted octanol–water partition coefficient (Wildman–Crippen LogP) is 9.02. The van der Waals surface area contributed by atoms with E-state index < -0.39 is 8.07 Å². The van der Waals surface area contributed by atoms with Crippen LogP contribution in [0.4, 0.5) is 16.4 Å². The molecule has 7 rings (SSSR count). The first-order chi connectivity index (χ1) is 19.6. The van der Waals surface area contributed by atoms with E-state index in [-0.39, 0.29) is 22.6 Å². The van der Waals surface area contributed by atoms with Gasteiger partial charge in [0.15, 0.2) is 11.6 Å². The number of fused-ring (bicyclic) bond motifs is 4. The van der Waals surface area contributed by atoms with E-state index in [9.17, 15) is 9.59 Å². The number of allylic oxidation sites excluding steroid dienone is 1. The molecule has 2 heterocycles. The first kappa shape index (κ1) is 25.9. The highest BCUT2D eigenvalue weighted by Gasteiger charge is 2.40. The van der Waals surface area contributed by atoms with Crippen LogP contribution in [0.2, 0.25) is 19.6 Å². The molecule has 0 saturated heterocycles. The lowest BCUT2D eigenvalue weighted by molar-refractivity contribution is 0.0990. The highest BCUT2D eigenvalue weighted by Crippen LogP contribution is 2.56. The van der Waals surface area contributed by atoms with Gasteiger partial charge >= 0.3 is 0 Å². The van der Waals surface area contributed by atoms with Gasteiger partial charge in [-0.2, -0.15) is 0 Å². The topological polar surface area (TPSA) is 37.4 Å². The van der Waals surface area contributed by atoms with E-state index in [4.69, 9.17) is 0 Å². The van der Waals surface area contributed by atoms with E-state index in [2.05, 4.69) is 105 Å². The number of anilines is 3. The minimum Gasteiger partial charge on any atom is -0.301 e. The Morgan fingerprint density at radius 1 is 0.732 bits per heavy atom. The van der Waals surface area contributed by atoms with E-state index in [1.807, 2.05) is 18.2 Å².